The van der Waals surface area contributed by atoms with Crippen molar-refractivity contribution in [2.24, 2.45) is 0 Å². The molecule has 1 saturated heterocycles. The van der Waals surface area contributed by atoms with Gasteiger partial charge in [0.05, 0.1) is 12.1 Å². The number of imide groups is 1. The summed E-state index contributed by atoms with van der Waals surface area (Å²) in [5.74, 6) is -1.14. The molecule has 134 valence electrons. The molecule has 26 heavy (non-hydrogen) atoms. The molecule has 1 heterocycles. The van der Waals surface area contributed by atoms with Crippen molar-refractivity contribution in [1.82, 2.24) is 10.9 Å². The van der Waals surface area contributed by atoms with E-state index in [1.165, 1.54) is 6.07 Å². The van der Waals surface area contributed by atoms with E-state index in [-0.39, 0.29) is 12.3 Å². The number of amides is 3. The van der Waals surface area contributed by atoms with Crippen LogP contribution in [0.4, 0.5) is 5.69 Å². The Balaban J connectivity index is 1.69. The van der Waals surface area contributed by atoms with E-state index in [9.17, 15) is 14.4 Å². The van der Waals surface area contributed by atoms with Crippen LogP contribution in [-0.2, 0) is 9.59 Å². The summed E-state index contributed by atoms with van der Waals surface area (Å²) in [7, 11) is 0. The first-order valence-corrected chi connectivity index (χ1v) is 8.50. The van der Waals surface area contributed by atoms with Crippen LogP contribution in [0, 0.1) is 13.8 Å². The van der Waals surface area contributed by atoms with Crippen molar-refractivity contribution in [1.29, 1.82) is 0 Å². The maximum Gasteiger partial charge on any atom is 0.265 e. The summed E-state index contributed by atoms with van der Waals surface area (Å²) in [5.41, 5.74) is 8.08. The van der Waals surface area contributed by atoms with Crippen molar-refractivity contribution in [3.8, 4) is 0 Å². The van der Waals surface area contributed by atoms with E-state index in [4.69, 9.17) is 11.6 Å². The van der Waals surface area contributed by atoms with Crippen LogP contribution in [0.5, 0.6) is 0 Å². The van der Waals surface area contributed by atoms with Gasteiger partial charge in [-0.3, -0.25) is 19.8 Å². The minimum atomic E-state index is -0.813. The number of hydrogen-bond donors (Lipinski definition) is 2. The van der Waals surface area contributed by atoms with E-state index in [0.717, 1.165) is 16.0 Å². The van der Waals surface area contributed by atoms with Crippen LogP contribution in [0.3, 0.4) is 0 Å². The molecular weight excluding hydrogens is 354 g/mol. The van der Waals surface area contributed by atoms with Gasteiger partial charge in [0.2, 0.25) is 5.91 Å². The molecule has 1 atom stereocenters. The Morgan fingerprint density at radius 2 is 1.88 bits per heavy atom. The first kappa shape index (κ1) is 18.1. The largest absolute Gasteiger partial charge is 0.287 e. The fourth-order valence-corrected chi connectivity index (χ4v) is 2.93. The van der Waals surface area contributed by atoms with Gasteiger partial charge in [0.25, 0.3) is 11.8 Å². The van der Waals surface area contributed by atoms with Gasteiger partial charge in [-0.25, -0.2) is 10.3 Å². The molecule has 0 radical (unpaired) electrons. The highest BCUT2D eigenvalue weighted by Crippen LogP contribution is 2.25. The third-order valence-electron chi connectivity index (χ3n) is 4.34. The Labute approximate surface area is 156 Å². The molecule has 1 aliphatic rings. The van der Waals surface area contributed by atoms with Gasteiger partial charge in [-0.2, -0.15) is 0 Å². The van der Waals surface area contributed by atoms with Gasteiger partial charge in [0.1, 0.15) is 6.04 Å². The molecule has 0 aromatic heterocycles. The fourth-order valence-electron chi connectivity index (χ4n) is 2.74. The highest BCUT2D eigenvalue weighted by molar-refractivity contribution is 6.31. The van der Waals surface area contributed by atoms with E-state index < -0.39 is 17.9 Å². The van der Waals surface area contributed by atoms with Crippen molar-refractivity contribution in [2.75, 3.05) is 4.90 Å². The average molecular weight is 372 g/mol. The van der Waals surface area contributed by atoms with Crippen molar-refractivity contribution in [3.05, 3.63) is 64.2 Å². The van der Waals surface area contributed by atoms with Crippen LogP contribution in [0.2, 0.25) is 5.02 Å². The second-order valence-corrected chi connectivity index (χ2v) is 6.64. The molecule has 0 bridgehead atoms. The number of benzene rings is 2. The molecule has 1 aliphatic heterocycles. The summed E-state index contributed by atoms with van der Waals surface area (Å²) in [6.45, 7) is 3.88. The minimum Gasteiger partial charge on any atom is -0.287 e. The van der Waals surface area contributed by atoms with Crippen LogP contribution in [-0.4, -0.2) is 23.8 Å². The van der Waals surface area contributed by atoms with Gasteiger partial charge < -0.3 is 0 Å². The van der Waals surface area contributed by atoms with Crippen LogP contribution in [0.1, 0.15) is 27.9 Å². The molecule has 2 aromatic carbocycles. The summed E-state index contributed by atoms with van der Waals surface area (Å²) >= 11 is 5.86. The maximum atomic E-state index is 12.6. The van der Waals surface area contributed by atoms with E-state index in [1.54, 1.807) is 30.3 Å². The molecule has 7 heteroatoms. The number of halogens is 1. The second kappa shape index (κ2) is 7.27. The lowest BCUT2D eigenvalue weighted by Crippen LogP contribution is -2.48. The molecule has 3 rings (SSSR count). The number of aryl methyl sites for hydroxylation is 2. The SMILES string of the molecule is Cc1ccc(N2C(=O)CC(NNC(=O)c3cccc(Cl)c3)C2=O)cc1C. The van der Waals surface area contributed by atoms with Gasteiger partial charge in [0, 0.05) is 10.6 Å². The molecule has 2 aromatic rings. The molecule has 0 aliphatic carbocycles. The lowest BCUT2D eigenvalue weighted by Gasteiger charge is -2.17. The summed E-state index contributed by atoms with van der Waals surface area (Å²) in [6.07, 6.45) is -0.0262. The van der Waals surface area contributed by atoms with Crippen LogP contribution < -0.4 is 15.8 Å². The number of nitrogens with one attached hydrogen (secondary N) is 2. The van der Waals surface area contributed by atoms with Gasteiger partial charge in [-0.05, 0) is 55.3 Å². The molecule has 1 unspecified atom stereocenters. The molecule has 6 nitrogen and oxygen atoms in total. The Bertz CT molecular complexity index is 897. The number of hydrogen-bond acceptors (Lipinski definition) is 4. The smallest absolute Gasteiger partial charge is 0.265 e. The normalized spacial score (nSPS) is 16.9. The summed E-state index contributed by atoms with van der Waals surface area (Å²) in [6, 6.07) is 11.0. The van der Waals surface area contributed by atoms with Gasteiger partial charge >= 0.3 is 0 Å². The number of carbonyl (C=O) groups is 3. The number of anilines is 1. The third kappa shape index (κ3) is 3.61. The lowest BCUT2D eigenvalue weighted by molar-refractivity contribution is -0.121. The number of carbonyl (C=O) groups excluding carboxylic acids is 3. The number of hydrazine groups is 1. The van der Waals surface area contributed by atoms with Gasteiger partial charge in [-0.15, -0.1) is 0 Å². The third-order valence-corrected chi connectivity index (χ3v) is 4.58. The van der Waals surface area contributed by atoms with E-state index in [0.29, 0.717) is 16.3 Å². The standard InChI is InChI=1S/C19H18ClN3O3/c1-11-6-7-15(8-12(11)2)23-17(24)10-16(19(23)26)21-22-18(25)13-4-3-5-14(20)9-13/h3-9,16,21H,10H2,1-2H3,(H,22,25). The number of rotatable bonds is 4. The predicted octanol–water partition coefficient (Wildman–Crippen LogP) is 2.52. The molecule has 0 spiro atoms. The van der Waals surface area contributed by atoms with Crippen molar-refractivity contribution >= 4 is 35.0 Å². The molecular formula is C19H18ClN3O3. The predicted molar refractivity (Wildman–Crippen MR) is 98.9 cm³/mol. The monoisotopic (exact) mass is 371 g/mol. The molecule has 1 fully saturated rings. The fraction of sp³-hybridized carbons (Fsp3) is 0.211. The second-order valence-electron chi connectivity index (χ2n) is 6.20. The summed E-state index contributed by atoms with van der Waals surface area (Å²) < 4.78 is 0. The molecule has 0 saturated carbocycles. The van der Waals surface area contributed by atoms with Crippen molar-refractivity contribution in [3.63, 3.8) is 0 Å². The maximum absolute atomic E-state index is 12.6. The highest BCUT2D eigenvalue weighted by atomic mass is 35.5. The zero-order valence-electron chi connectivity index (χ0n) is 14.4. The van der Waals surface area contributed by atoms with E-state index in [2.05, 4.69) is 10.9 Å². The van der Waals surface area contributed by atoms with Crippen LogP contribution in [0.25, 0.3) is 0 Å². The summed E-state index contributed by atoms with van der Waals surface area (Å²) in [5, 5.41) is 0.436. The highest BCUT2D eigenvalue weighted by Gasteiger charge is 2.39. The zero-order valence-corrected chi connectivity index (χ0v) is 15.1. The Morgan fingerprint density at radius 1 is 1.12 bits per heavy atom. The lowest BCUT2D eigenvalue weighted by atomic mass is 10.1. The molecule has 3 amide bonds. The van der Waals surface area contributed by atoms with E-state index >= 15 is 0 Å². The number of nitrogens with zero attached hydrogens (tertiary/aromatic N) is 1. The quantitative estimate of drug-likeness (QED) is 0.639. The first-order valence-electron chi connectivity index (χ1n) is 8.12. The van der Waals surface area contributed by atoms with E-state index in [1.807, 2.05) is 19.9 Å². The van der Waals surface area contributed by atoms with Gasteiger partial charge in [-0.1, -0.05) is 23.7 Å². The molecule has 2 N–H and O–H groups in total. The van der Waals surface area contributed by atoms with Crippen molar-refractivity contribution < 1.29 is 14.4 Å². The average Bonchev–Trinajstić information content (AvgIpc) is 2.89. The topological polar surface area (TPSA) is 78.5 Å². The first-order chi connectivity index (χ1) is 12.4. The minimum absolute atomic E-state index is 0.0262. The Hall–Kier alpha value is -2.70. The zero-order chi connectivity index (χ0) is 18.8. The van der Waals surface area contributed by atoms with Crippen molar-refractivity contribution in [2.45, 2.75) is 26.3 Å². The summed E-state index contributed by atoms with van der Waals surface area (Å²) in [4.78, 5) is 38.2. The van der Waals surface area contributed by atoms with Gasteiger partial charge in [0.15, 0.2) is 0 Å². The van der Waals surface area contributed by atoms with Crippen LogP contribution in [0.15, 0.2) is 42.5 Å². The Kier molecular flexibility index (Phi) is 5.06. The van der Waals surface area contributed by atoms with Crippen LogP contribution >= 0.6 is 11.6 Å². The Morgan fingerprint density at radius 3 is 2.58 bits per heavy atom.